The number of rotatable bonds is 7. The van der Waals surface area contributed by atoms with Crippen molar-refractivity contribution in [1.82, 2.24) is 25.8 Å². The number of aryl methyl sites for hydroxylation is 1. The molecular weight excluding hydrogens is 480 g/mol. The Morgan fingerprint density at radius 3 is 2.71 bits per heavy atom. The van der Waals surface area contributed by atoms with Gasteiger partial charge in [0.2, 0.25) is 11.8 Å². The summed E-state index contributed by atoms with van der Waals surface area (Å²) in [4.78, 5) is 35.6. The average Bonchev–Trinajstić information content (AvgIpc) is 3.39. The van der Waals surface area contributed by atoms with Crippen LogP contribution in [0.3, 0.4) is 0 Å². The van der Waals surface area contributed by atoms with E-state index in [4.69, 9.17) is 4.52 Å². The van der Waals surface area contributed by atoms with E-state index >= 15 is 0 Å². The van der Waals surface area contributed by atoms with Gasteiger partial charge in [0.05, 0.1) is 11.9 Å². The minimum Gasteiger partial charge on any atom is -0.368 e. The normalized spacial score (nSPS) is 15.7. The van der Waals surface area contributed by atoms with Crippen molar-refractivity contribution in [2.75, 3.05) is 18.0 Å². The summed E-state index contributed by atoms with van der Waals surface area (Å²) in [5.41, 5.74) is 5.43. The Morgan fingerprint density at radius 1 is 1.24 bits per heavy atom. The summed E-state index contributed by atoms with van der Waals surface area (Å²) in [6, 6.07) is 8.29. The third kappa shape index (κ3) is 6.27. The molecule has 1 aromatic carbocycles. The maximum atomic E-state index is 12.6. The number of nitrogens with zero attached hydrogens (tertiary/aromatic N) is 4. The molecule has 2 aromatic heterocycles. The fraction of sp³-hybridized carbons (Fsp3) is 0.414. The molecule has 1 fully saturated rings. The van der Waals surface area contributed by atoms with Crippen molar-refractivity contribution in [3.63, 3.8) is 0 Å². The molecule has 2 amide bonds. The maximum absolute atomic E-state index is 12.6. The molecule has 1 aliphatic rings. The smallest absolute Gasteiger partial charge is 0.292 e. The molecule has 0 radical (unpaired) electrons. The van der Waals surface area contributed by atoms with Crippen LogP contribution in [-0.4, -0.2) is 46.1 Å². The third-order valence-electron chi connectivity index (χ3n) is 6.65. The number of carbonyl (C=O) groups excluding carboxylic acids is 2. The van der Waals surface area contributed by atoms with Gasteiger partial charge in [-0.05, 0) is 49.4 Å². The van der Waals surface area contributed by atoms with E-state index in [0.29, 0.717) is 24.6 Å². The van der Waals surface area contributed by atoms with Gasteiger partial charge in [0.25, 0.3) is 11.7 Å². The number of hydrogen-bond acceptors (Lipinski definition) is 7. The molecule has 1 unspecified atom stereocenters. The largest absolute Gasteiger partial charge is 0.368 e. The molecule has 3 aromatic rings. The van der Waals surface area contributed by atoms with E-state index in [1.807, 2.05) is 46.0 Å². The van der Waals surface area contributed by atoms with E-state index in [0.717, 1.165) is 47.3 Å². The van der Waals surface area contributed by atoms with Crippen molar-refractivity contribution in [3.05, 3.63) is 71.7 Å². The molecule has 2 N–H and O–H groups in total. The first kappa shape index (κ1) is 27.0. The molecule has 9 nitrogen and oxygen atoms in total. The topological polar surface area (TPSA) is 113 Å². The van der Waals surface area contributed by atoms with Crippen LogP contribution in [0.15, 0.2) is 53.3 Å². The van der Waals surface area contributed by atoms with Gasteiger partial charge in [-0.25, -0.2) is 0 Å². The number of amides is 2. The lowest BCUT2D eigenvalue weighted by Gasteiger charge is -2.35. The van der Waals surface area contributed by atoms with E-state index in [2.05, 4.69) is 49.4 Å². The van der Waals surface area contributed by atoms with Crippen LogP contribution in [0.1, 0.15) is 68.2 Å². The second-order valence-corrected chi connectivity index (χ2v) is 10.9. The van der Waals surface area contributed by atoms with Gasteiger partial charge >= 0.3 is 0 Å². The highest BCUT2D eigenvalue weighted by atomic mass is 16.5. The molecule has 200 valence electrons. The molecular formula is C29H36N6O3. The van der Waals surface area contributed by atoms with Crippen molar-refractivity contribution in [3.8, 4) is 11.1 Å². The number of carbonyl (C=O) groups is 2. The van der Waals surface area contributed by atoms with Gasteiger partial charge in [-0.15, -0.1) is 0 Å². The predicted molar refractivity (Wildman–Crippen MR) is 147 cm³/mol. The molecule has 0 spiro atoms. The second-order valence-electron chi connectivity index (χ2n) is 10.9. The van der Waals surface area contributed by atoms with Gasteiger partial charge < -0.3 is 20.1 Å². The Bertz CT molecular complexity index is 1340. The number of hydrogen-bond donors (Lipinski definition) is 2. The van der Waals surface area contributed by atoms with Crippen molar-refractivity contribution in [2.45, 2.75) is 65.5 Å². The Kier molecular flexibility index (Phi) is 7.94. The Labute approximate surface area is 223 Å². The predicted octanol–water partition coefficient (Wildman–Crippen LogP) is 4.33. The minimum atomic E-state index is -0.373. The highest BCUT2D eigenvalue weighted by Crippen LogP contribution is 2.33. The van der Waals surface area contributed by atoms with Gasteiger partial charge in [-0.1, -0.05) is 50.7 Å². The number of pyridine rings is 1. The minimum absolute atomic E-state index is 0.0323. The number of anilines is 1. The number of benzene rings is 1. The SMILES string of the molecule is C=C(C)C(=O)NC1CCCN(c2cnccc2-c2ccc(CNC(=O)c3noc(C(C)(C)C)n3)c(C)c2)C1. The van der Waals surface area contributed by atoms with Crippen molar-refractivity contribution < 1.29 is 14.1 Å². The highest BCUT2D eigenvalue weighted by Gasteiger charge is 2.25. The van der Waals surface area contributed by atoms with Crippen LogP contribution in [-0.2, 0) is 16.8 Å². The van der Waals surface area contributed by atoms with E-state index < -0.39 is 0 Å². The molecule has 4 rings (SSSR count). The van der Waals surface area contributed by atoms with Gasteiger partial charge in [-0.3, -0.25) is 14.6 Å². The molecule has 0 aliphatic carbocycles. The van der Waals surface area contributed by atoms with E-state index in [1.54, 1.807) is 13.1 Å². The van der Waals surface area contributed by atoms with Crippen LogP contribution >= 0.6 is 0 Å². The molecule has 3 heterocycles. The monoisotopic (exact) mass is 516 g/mol. The first-order valence-electron chi connectivity index (χ1n) is 12.9. The fourth-order valence-electron chi connectivity index (χ4n) is 4.44. The van der Waals surface area contributed by atoms with E-state index in [1.165, 1.54) is 0 Å². The van der Waals surface area contributed by atoms with Gasteiger partial charge in [0.1, 0.15) is 0 Å². The lowest BCUT2D eigenvalue weighted by atomic mass is 9.97. The van der Waals surface area contributed by atoms with Gasteiger partial charge in [0.15, 0.2) is 0 Å². The van der Waals surface area contributed by atoms with Crippen LogP contribution in [0.5, 0.6) is 0 Å². The van der Waals surface area contributed by atoms with Crippen LogP contribution in [0, 0.1) is 6.92 Å². The molecule has 1 saturated heterocycles. The number of aromatic nitrogens is 3. The molecule has 1 atom stereocenters. The van der Waals surface area contributed by atoms with Crippen molar-refractivity contribution in [1.29, 1.82) is 0 Å². The highest BCUT2D eigenvalue weighted by molar-refractivity contribution is 5.92. The zero-order chi connectivity index (χ0) is 27.4. The van der Waals surface area contributed by atoms with Gasteiger partial charge in [0, 0.05) is 48.4 Å². The van der Waals surface area contributed by atoms with Gasteiger partial charge in [-0.2, -0.15) is 4.98 Å². The summed E-state index contributed by atoms with van der Waals surface area (Å²) in [6.07, 6.45) is 5.60. The van der Waals surface area contributed by atoms with Crippen LogP contribution in [0.4, 0.5) is 5.69 Å². The fourth-order valence-corrected chi connectivity index (χ4v) is 4.44. The summed E-state index contributed by atoms with van der Waals surface area (Å²) in [7, 11) is 0. The summed E-state index contributed by atoms with van der Waals surface area (Å²) in [6.45, 7) is 15.3. The summed E-state index contributed by atoms with van der Waals surface area (Å²) in [5.74, 6) is -0.0162. The zero-order valence-electron chi connectivity index (χ0n) is 22.8. The Hall–Kier alpha value is -4.01. The molecule has 9 heteroatoms. The summed E-state index contributed by atoms with van der Waals surface area (Å²) in [5, 5.41) is 9.79. The molecule has 38 heavy (non-hydrogen) atoms. The lowest BCUT2D eigenvalue weighted by molar-refractivity contribution is -0.118. The Morgan fingerprint density at radius 2 is 2.03 bits per heavy atom. The molecule has 0 saturated carbocycles. The van der Waals surface area contributed by atoms with Crippen LogP contribution < -0.4 is 15.5 Å². The standard InChI is InChI=1S/C29H36N6O3/c1-18(2)26(36)32-22-8-7-13-35(17-22)24-16-30-12-11-23(24)20-9-10-21(19(3)14-20)15-31-27(37)25-33-28(38-34-25)29(4,5)6/h9-12,14,16,22H,1,7-8,13,15,17H2,2-6H3,(H,31,37)(H,32,36). The van der Waals surface area contributed by atoms with Crippen molar-refractivity contribution in [2.24, 2.45) is 0 Å². The van der Waals surface area contributed by atoms with Crippen LogP contribution in [0.2, 0.25) is 0 Å². The summed E-state index contributed by atoms with van der Waals surface area (Å²) < 4.78 is 5.23. The van der Waals surface area contributed by atoms with E-state index in [-0.39, 0.29) is 29.1 Å². The lowest BCUT2D eigenvalue weighted by Crippen LogP contribution is -2.48. The Balaban J connectivity index is 1.46. The maximum Gasteiger partial charge on any atom is 0.292 e. The number of nitrogens with one attached hydrogen (secondary N) is 2. The number of piperidine rings is 1. The molecule has 1 aliphatic heterocycles. The third-order valence-corrected chi connectivity index (χ3v) is 6.65. The molecule has 0 bridgehead atoms. The van der Waals surface area contributed by atoms with Crippen molar-refractivity contribution >= 4 is 17.5 Å². The second kappa shape index (κ2) is 11.2. The summed E-state index contributed by atoms with van der Waals surface area (Å²) >= 11 is 0. The van der Waals surface area contributed by atoms with Crippen LogP contribution in [0.25, 0.3) is 11.1 Å². The zero-order valence-corrected chi connectivity index (χ0v) is 22.8. The first-order valence-corrected chi connectivity index (χ1v) is 12.9. The first-order chi connectivity index (χ1) is 18.0. The quantitative estimate of drug-likeness (QED) is 0.450. The average molecular weight is 517 g/mol. The van der Waals surface area contributed by atoms with E-state index in [9.17, 15) is 9.59 Å².